The Morgan fingerprint density at radius 2 is 2.22 bits per heavy atom. The van der Waals surface area contributed by atoms with Crippen molar-refractivity contribution in [2.24, 2.45) is 0 Å². The summed E-state index contributed by atoms with van der Waals surface area (Å²) in [6, 6.07) is 3.12. The summed E-state index contributed by atoms with van der Waals surface area (Å²) in [4.78, 5) is 10.5. The van der Waals surface area contributed by atoms with E-state index in [0.717, 1.165) is 4.47 Å². The minimum absolute atomic E-state index is 0.318. The predicted molar refractivity (Wildman–Crippen MR) is 37.4 cm³/mol. The quantitative estimate of drug-likeness (QED) is 0.621. The number of aryl methyl sites for hydroxylation is 1. The van der Waals surface area contributed by atoms with Crippen LogP contribution < -0.4 is 5.63 Å². The predicted octanol–water partition coefficient (Wildman–Crippen LogP) is 1.71. The van der Waals surface area contributed by atoms with Crippen molar-refractivity contribution >= 4 is 15.9 Å². The van der Waals surface area contributed by atoms with Gasteiger partial charge in [0.1, 0.15) is 5.76 Å². The Hall–Kier alpha value is -0.570. The van der Waals surface area contributed by atoms with Crippen LogP contribution in [0.1, 0.15) is 5.76 Å². The van der Waals surface area contributed by atoms with Crippen LogP contribution in [0.4, 0.5) is 0 Å². The summed E-state index contributed by atoms with van der Waals surface area (Å²) in [6.45, 7) is 1.73. The van der Waals surface area contributed by atoms with Crippen molar-refractivity contribution < 1.29 is 4.42 Å². The van der Waals surface area contributed by atoms with E-state index >= 15 is 0 Å². The molecule has 0 atom stereocenters. The number of rotatable bonds is 0. The summed E-state index contributed by atoms with van der Waals surface area (Å²) >= 11 is 3.15. The van der Waals surface area contributed by atoms with Crippen molar-refractivity contribution in [3.8, 4) is 0 Å². The highest BCUT2D eigenvalue weighted by Crippen LogP contribution is 2.06. The Labute approximate surface area is 60.6 Å². The molecule has 3 heteroatoms. The zero-order valence-electron chi connectivity index (χ0n) is 4.85. The Balaban J connectivity index is 3.33. The average molecular weight is 189 g/mol. The van der Waals surface area contributed by atoms with E-state index in [1.54, 1.807) is 13.0 Å². The molecule has 9 heavy (non-hydrogen) atoms. The molecule has 0 unspecified atom stereocenters. The molecule has 1 aromatic heterocycles. The van der Waals surface area contributed by atoms with Crippen LogP contribution >= 0.6 is 15.9 Å². The standard InChI is InChI=1S/C6H5BrO2/c1-4-2-5(7)3-6(8)9-4/h2-3H,1H3. The smallest absolute Gasteiger partial charge is 0.336 e. The Morgan fingerprint density at radius 1 is 1.56 bits per heavy atom. The lowest BCUT2D eigenvalue weighted by Crippen LogP contribution is -1.95. The van der Waals surface area contributed by atoms with Crippen LogP contribution in [0.2, 0.25) is 0 Å². The van der Waals surface area contributed by atoms with E-state index in [4.69, 9.17) is 0 Å². The van der Waals surface area contributed by atoms with E-state index in [-0.39, 0.29) is 5.63 Å². The first-order valence-corrected chi connectivity index (χ1v) is 3.25. The van der Waals surface area contributed by atoms with Gasteiger partial charge in [-0.1, -0.05) is 15.9 Å². The largest absolute Gasteiger partial charge is 0.428 e. The molecule has 0 amide bonds. The fourth-order valence-electron chi connectivity index (χ4n) is 0.566. The van der Waals surface area contributed by atoms with Crippen molar-refractivity contribution in [2.45, 2.75) is 6.92 Å². The molecular weight excluding hydrogens is 184 g/mol. The maximum atomic E-state index is 10.5. The molecule has 0 aliphatic rings. The van der Waals surface area contributed by atoms with Crippen molar-refractivity contribution in [2.75, 3.05) is 0 Å². The molecule has 1 heterocycles. The Kier molecular flexibility index (Phi) is 1.71. The second kappa shape index (κ2) is 2.35. The molecule has 0 aliphatic carbocycles. The summed E-state index contributed by atoms with van der Waals surface area (Å²) in [5.41, 5.74) is -0.318. The topological polar surface area (TPSA) is 30.2 Å². The summed E-state index contributed by atoms with van der Waals surface area (Å²) in [5, 5.41) is 0. The van der Waals surface area contributed by atoms with Gasteiger partial charge in [-0.3, -0.25) is 0 Å². The third kappa shape index (κ3) is 1.68. The lowest BCUT2D eigenvalue weighted by atomic mass is 10.4. The van der Waals surface area contributed by atoms with Gasteiger partial charge >= 0.3 is 5.63 Å². The van der Waals surface area contributed by atoms with Crippen LogP contribution in [-0.4, -0.2) is 0 Å². The van der Waals surface area contributed by atoms with Gasteiger partial charge in [0.2, 0.25) is 0 Å². The van der Waals surface area contributed by atoms with Crippen molar-refractivity contribution in [3.63, 3.8) is 0 Å². The molecule has 1 rings (SSSR count). The summed E-state index contributed by atoms with van der Waals surface area (Å²) in [6.07, 6.45) is 0. The van der Waals surface area contributed by atoms with Gasteiger partial charge in [0.25, 0.3) is 0 Å². The van der Waals surface area contributed by atoms with E-state index in [1.165, 1.54) is 6.07 Å². The molecule has 0 N–H and O–H groups in total. The minimum Gasteiger partial charge on any atom is -0.428 e. The van der Waals surface area contributed by atoms with Gasteiger partial charge in [0.05, 0.1) is 0 Å². The maximum Gasteiger partial charge on any atom is 0.336 e. The van der Waals surface area contributed by atoms with Crippen LogP contribution in [0, 0.1) is 6.92 Å². The van der Waals surface area contributed by atoms with Gasteiger partial charge in [-0.25, -0.2) is 4.79 Å². The fourth-order valence-corrected chi connectivity index (χ4v) is 1.08. The first kappa shape index (κ1) is 6.55. The minimum atomic E-state index is -0.318. The van der Waals surface area contributed by atoms with Crippen LogP contribution in [0.25, 0.3) is 0 Å². The molecular formula is C6H5BrO2. The number of halogens is 1. The summed E-state index contributed by atoms with van der Waals surface area (Å²) < 4.78 is 5.43. The molecule has 0 saturated heterocycles. The Bertz CT molecular complexity index is 241. The van der Waals surface area contributed by atoms with E-state index in [2.05, 4.69) is 20.3 Å². The zero-order valence-corrected chi connectivity index (χ0v) is 6.44. The highest BCUT2D eigenvalue weighted by molar-refractivity contribution is 9.10. The van der Waals surface area contributed by atoms with E-state index in [1.807, 2.05) is 0 Å². The number of hydrogen-bond acceptors (Lipinski definition) is 2. The van der Waals surface area contributed by atoms with Crippen LogP contribution in [0.15, 0.2) is 25.8 Å². The van der Waals surface area contributed by atoms with Gasteiger partial charge in [-0.15, -0.1) is 0 Å². The van der Waals surface area contributed by atoms with Crippen LogP contribution in [-0.2, 0) is 0 Å². The molecule has 0 aromatic carbocycles. The van der Waals surface area contributed by atoms with Gasteiger partial charge < -0.3 is 4.42 Å². The normalized spacial score (nSPS) is 9.56. The molecule has 0 fully saturated rings. The van der Waals surface area contributed by atoms with Gasteiger partial charge in [-0.05, 0) is 13.0 Å². The van der Waals surface area contributed by atoms with Crippen LogP contribution in [0.3, 0.4) is 0 Å². The fraction of sp³-hybridized carbons (Fsp3) is 0.167. The third-order valence-corrected chi connectivity index (χ3v) is 1.32. The molecule has 0 aliphatic heterocycles. The zero-order chi connectivity index (χ0) is 6.85. The first-order valence-electron chi connectivity index (χ1n) is 2.46. The van der Waals surface area contributed by atoms with Crippen molar-refractivity contribution in [3.05, 3.63) is 32.8 Å². The summed E-state index contributed by atoms with van der Waals surface area (Å²) in [5.74, 6) is 0.620. The maximum absolute atomic E-state index is 10.5. The summed E-state index contributed by atoms with van der Waals surface area (Å²) in [7, 11) is 0. The van der Waals surface area contributed by atoms with E-state index in [9.17, 15) is 4.79 Å². The SMILES string of the molecule is Cc1cc(Br)cc(=O)o1. The second-order valence-corrected chi connectivity index (χ2v) is 2.62. The molecule has 0 saturated carbocycles. The molecule has 0 radical (unpaired) electrons. The van der Waals surface area contributed by atoms with E-state index in [0.29, 0.717) is 5.76 Å². The highest BCUT2D eigenvalue weighted by atomic mass is 79.9. The molecule has 0 bridgehead atoms. The van der Waals surface area contributed by atoms with Gasteiger partial charge in [0.15, 0.2) is 0 Å². The Morgan fingerprint density at radius 3 is 2.67 bits per heavy atom. The molecule has 0 spiro atoms. The lowest BCUT2D eigenvalue weighted by molar-refractivity contribution is 0.479. The highest BCUT2D eigenvalue weighted by Gasteiger charge is 1.91. The van der Waals surface area contributed by atoms with Crippen LogP contribution in [0.5, 0.6) is 0 Å². The van der Waals surface area contributed by atoms with E-state index < -0.39 is 0 Å². The third-order valence-electron chi connectivity index (χ3n) is 0.858. The van der Waals surface area contributed by atoms with Crippen molar-refractivity contribution in [1.82, 2.24) is 0 Å². The molecule has 2 nitrogen and oxygen atoms in total. The number of hydrogen-bond donors (Lipinski definition) is 0. The van der Waals surface area contributed by atoms with Gasteiger partial charge in [-0.2, -0.15) is 0 Å². The van der Waals surface area contributed by atoms with Gasteiger partial charge in [0, 0.05) is 10.5 Å². The monoisotopic (exact) mass is 188 g/mol. The first-order chi connectivity index (χ1) is 4.18. The second-order valence-electron chi connectivity index (χ2n) is 1.71. The average Bonchev–Trinajstić information content (AvgIpc) is 1.59. The molecule has 1 aromatic rings. The molecule has 48 valence electrons. The lowest BCUT2D eigenvalue weighted by Gasteiger charge is -1.88. The van der Waals surface area contributed by atoms with Crippen molar-refractivity contribution in [1.29, 1.82) is 0 Å².